The van der Waals surface area contributed by atoms with Gasteiger partial charge in [-0.2, -0.15) is 0 Å². The first-order valence-corrected chi connectivity index (χ1v) is 6.27. The molecule has 16 heavy (non-hydrogen) atoms. The van der Waals surface area contributed by atoms with Crippen LogP contribution >= 0.6 is 0 Å². The number of hydrogen-bond donors (Lipinski definition) is 1. The largest absolute Gasteiger partial charge is 0.373 e. The third-order valence-electron chi connectivity index (χ3n) is 3.11. The minimum Gasteiger partial charge on any atom is -0.373 e. The van der Waals surface area contributed by atoms with Crippen LogP contribution in [0.15, 0.2) is 30.3 Å². The van der Waals surface area contributed by atoms with Gasteiger partial charge in [-0.3, -0.25) is 0 Å². The van der Waals surface area contributed by atoms with Gasteiger partial charge in [0.05, 0.1) is 12.7 Å². The Labute approximate surface area is 98.0 Å². The zero-order valence-electron chi connectivity index (χ0n) is 9.99. The van der Waals surface area contributed by atoms with Crippen molar-refractivity contribution < 1.29 is 4.74 Å². The molecule has 1 saturated carbocycles. The summed E-state index contributed by atoms with van der Waals surface area (Å²) in [6.45, 7) is 4.09. The first-order chi connectivity index (χ1) is 7.88. The molecule has 1 fully saturated rings. The number of nitrogens with one attached hydrogen (secondary N) is 1. The summed E-state index contributed by atoms with van der Waals surface area (Å²) in [4.78, 5) is 0. The number of ether oxygens (including phenoxy) is 1. The van der Waals surface area contributed by atoms with Crippen molar-refractivity contribution in [2.24, 2.45) is 0 Å². The topological polar surface area (TPSA) is 21.3 Å². The molecule has 1 aliphatic rings. The highest BCUT2D eigenvalue weighted by Crippen LogP contribution is 2.24. The van der Waals surface area contributed by atoms with Gasteiger partial charge in [-0.25, -0.2) is 0 Å². The van der Waals surface area contributed by atoms with Crippen LogP contribution < -0.4 is 5.32 Å². The van der Waals surface area contributed by atoms with E-state index in [1.165, 1.54) is 24.8 Å². The fourth-order valence-electron chi connectivity index (χ4n) is 2.01. The van der Waals surface area contributed by atoms with E-state index >= 15 is 0 Å². The van der Waals surface area contributed by atoms with Crippen LogP contribution in [0, 0.1) is 0 Å². The third kappa shape index (κ3) is 3.32. The molecule has 0 unspecified atom stereocenters. The van der Waals surface area contributed by atoms with Crippen molar-refractivity contribution in [3.8, 4) is 0 Å². The molecule has 0 aliphatic heterocycles. The van der Waals surface area contributed by atoms with E-state index in [0.29, 0.717) is 12.1 Å². The van der Waals surface area contributed by atoms with Crippen LogP contribution in [-0.4, -0.2) is 18.7 Å². The lowest BCUT2D eigenvalue weighted by Gasteiger charge is -2.35. The van der Waals surface area contributed by atoms with Crippen LogP contribution in [0.1, 0.15) is 31.7 Å². The standard InChI is InChI=1S/C14H21NO/c1-2-8-15-13-9-14(10-13)16-11-12-6-4-3-5-7-12/h3-7,13-15H,2,8-11H2,1H3. The maximum Gasteiger partial charge on any atom is 0.0720 e. The molecule has 0 atom stereocenters. The molecule has 2 heteroatoms. The Morgan fingerprint density at radius 1 is 1.25 bits per heavy atom. The molecule has 2 nitrogen and oxygen atoms in total. The van der Waals surface area contributed by atoms with Gasteiger partial charge in [0, 0.05) is 6.04 Å². The van der Waals surface area contributed by atoms with Crippen molar-refractivity contribution in [3.63, 3.8) is 0 Å². The van der Waals surface area contributed by atoms with Gasteiger partial charge in [-0.05, 0) is 31.4 Å². The molecule has 0 amide bonds. The first-order valence-electron chi connectivity index (χ1n) is 6.27. The highest BCUT2D eigenvalue weighted by Gasteiger charge is 2.28. The molecule has 0 radical (unpaired) electrons. The monoisotopic (exact) mass is 219 g/mol. The lowest BCUT2D eigenvalue weighted by atomic mass is 9.89. The Kier molecular flexibility index (Phi) is 4.37. The molecular formula is C14H21NO. The zero-order valence-corrected chi connectivity index (χ0v) is 9.99. The summed E-state index contributed by atoms with van der Waals surface area (Å²) in [7, 11) is 0. The summed E-state index contributed by atoms with van der Waals surface area (Å²) in [5.74, 6) is 0. The lowest BCUT2D eigenvalue weighted by molar-refractivity contribution is -0.0264. The van der Waals surface area contributed by atoms with Gasteiger partial charge in [0.1, 0.15) is 0 Å². The maximum absolute atomic E-state index is 5.83. The maximum atomic E-state index is 5.83. The second kappa shape index (κ2) is 6.02. The predicted octanol–water partition coefficient (Wildman–Crippen LogP) is 2.73. The van der Waals surface area contributed by atoms with Gasteiger partial charge < -0.3 is 10.1 Å². The molecule has 1 aromatic rings. The second-order valence-corrected chi connectivity index (χ2v) is 4.54. The molecule has 0 aromatic heterocycles. The fraction of sp³-hybridized carbons (Fsp3) is 0.571. The van der Waals surface area contributed by atoms with Crippen molar-refractivity contribution in [2.45, 2.75) is 44.9 Å². The second-order valence-electron chi connectivity index (χ2n) is 4.54. The normalized spacial score (nSPS) is 24.1. The van der Waals surface area contributed by atoms with Crippen LogP contribution in [0.2, 0.25) is 0 Å². The fourth-order valence-corrected chi connectivity index (χ4v) is 2.01. The molecular weight excluding hydrogens is 198 g/mol. The van der Waals surface area contributed by atoms with Gasteiger partial charge in [0.15, 0.2) is 0 Å². The quantitative estimate of drug-likeness (QED) is 0.794. The Morgan fingerprint density at radius 2 is 2.00 bits per heavy atom. The summed E-state index contributed by atoms with van der Waals surface area (Å²) >= 11 is 0. The molecule has 1 aliphatic carbocycles. The van der Waals surface area contributed by atoms with Gasteiger partial charge >= 0.3 is 0 Å². The average Bonchev–Trinajstić information content (AvgIpc) is 2.28. The van der Waals surface area contributed by atoms with Gasteiger partial charge in [0.2, 0.25) is 0 Å². The van der Waals surface area contributed by atoms with Crippen molar-refractivity contribution in [3.05, 3.63) is 35.9 Å². The van der Waals surface area contributed by atoms with Gasteiger partial charge in [-0.15, -0.1) is 0 Å². The molecule has 0 heterocycles. The highest BCUT2D eigenvalue weighted by molar-refractivity contribution is 5.13. The summed E-state index contributed by atoms with van der Waals surface area (Å²) in [6, 6.07) is 11.1. The molecule has 1 N–H and O–H groups in total. The molecule has 0 bridgehead atoms. The number of benzene rings is 1. The lowest BCUT2D eigenvalue weighted by Crippen LogP contribution is -2.45. The smallest absolute Gasteiger partial charge is 0.0720 e. The van der Waals surface area contributed by atoms with Gasteiger partial charge in [0.25, 0.3) is 0 Å². The van der Waals surface area contributed by atoms with E-state index in [-0.39, 0.29) is 0 Å². The van der Waals surface area contributed by atoms with E-state index in [4.69, 9.17) is 4.74 Å². The molecule has 0 spiro atoms. The van der Waals surface area contributed by atoms with Crippen LogP contribution in [0.3, 0.4) is 0 Å². The zero-order chi connectivity index (χ0) is 11.2. The minimum absolute atomic E-state index is 0.467. The Hall–Kier alpha value is -0.860. The van der Waals surface area contributed by atoms with Gasteiger partial charge in [-0.1, -0.05) is 37.3 Å². The molecule has 88 valence electrons. The summed E-state index contributed by atoms with van der Waals surface area (Å²) < 4.78 is 5.83. The number of hydrogen-bond acceptors (Lipinski definition) is 2. The SMILES string of the molecule is CCCNC1CC(OCc2ccccc2)C1. The van der Waals surface area contributed by atoms with E-state index in [9.17, 15) is 0 Å². The van der Waals surface area contributed by atoms with Crippen LogP contribution in [0.25, 0.3) is 0 Å². The van der Waals surface area contributed by atoms with Crippen LogP contribution in [-0.2, 0) is 11.3 Å². The molecule has 1 aromatic carbocycles. The average molecular weight is 219 g/mol. The van der Waals surface area contributed by atoms with Crippen molar-refractivity contribution >= 4 is 0 Å². The third-order valence-corrected chi connectivity index (χ3v) is 3.11. The van der Waals surface area contributed by atoms with Crippen LogP contribution in [0.4, 0.5) is 0 Å². The van der Waals surface area contributed by atoms with Crippen molar-refractivity contribution in [1.29, 1.82) is 0 Å². The summed E-state index contributed by atoms with van der Waals surface area (Å²) in [5, 5.41) is 3.52. The highest BCUT2D eigenvalue weighted by atomic mass is 16.5. The Balaban J connectivity index is 1.60. The van der Waals surface area contributed by atoms with Crippen molar-refractivity contribution in [1.82, 2.24) is 5.32 Å². The minimum atomic E-state index is 0.467. The Morgan fingerprint density at radius 3 is 2.69 bits per heavy atom. The van der Waals surface area contributed by atoms with E-state index in [2.05, 4.69) is 36.5 Å². The molecule has 0 saturated heterocycles. The van der Waals surface area contributed by atoms with E-state index in [1.807, 2.05) is 6.07 Å². The summed E-state index contributed by atoms with van der Waals surface area (Å²) in [6.07, 6.45) is 4.03. The predicted molar refractivity (Wildman–Crippen MR) is 66.3 cm³/mol. The van der Waals surface area contributed by atoms with Crippen LogP contribution in [0.5, 0.6) is 0 Å². The number of rotatable bonds is 6. The van der Waals surface area contributed by atoms with Crippen molar-refractivity contribution in [2.75, 3.05) is 6.54 Å². The van der Waals surface area contributed by atoms with E-state index < -0.39 is 0 Å². The molecule has 2 rings (SSSR count). The van der Waals surface area contributed by atoms with E-state index in [0.717, 1.165) is 13.2 Å². The Bertz CT molecular complexity index is 293. The first kappa shape index (κ1) is 11.6. The van der Waals surface area contributed by atoms with E-state index in [1.54, 1.807) is 0 Å². The summed E-state index contributed by atoms with van der Waals surface area (Å²) in [5.41, 5.74) is 1.27.